The van der Waals surface area contributed by atoms with E-state index in [0.717, 1.165) is 25.1 Å². The second kappa shape index (κ2) is 7.18. The number of aryl methyl sites for hydroxylation is 2. The minimum Gasteiger partial charge on any atom is -0.379 e. The first-order valence-corrected chi connectivity index (χ1v) is 8.46. The molecule has 0 radical (unpaired) electrons. The van der Waals surface area contributed by atoms with Gasteiger partial charge in [0.25, 0.3) is 5.91 Å². The molecule has 2 aromatic rings. The number of H-pyrrole nitrogens is 1. The van der Waals surface area contributed by atoms with Crippen molar-refractivity contribution >= 4 is 5.91 Å². The van der Waals surface area contributed by atoms with Crippen molar-refractivity contribution in [2.45, 2.75) is 32.8 Å². The lowest BCUT2D eigenvalue weighted by molar-refractivity contribution is -0.00699. The molecule has 1 aromatic carbocycles. The zero-order chi connectivity index (χ0) is 17.1. The minimum atomic E-state index is 0.0392. The summed E-state index contributed by atoms with van der Waals surface area (Å²) in [5.41, 5.74) is 4.09. The predicted molar refractivity (Wildman–Crippen MR) is 93.0 cm³/mol. The second-order valence-corrected chi connectivity index (χ2v) is 6.68. The Balaban J connectivity index is 1.67. The van der Waals surface area contributed by atoms with Gasteiger partial charge in [-0.2, -0.15) is 5.10 Å². The van der Waals surface area contributed by atoms with E-state index in [-0.39, 0.29) is 12.0 Å². The summed E-state index contributed by atoms with van der Waals surface area (Å²) in [6.07, 6.45) is 3.62. The number of nitrogens with one attached hydrogen (secondary N) is 1. The summed E-state index contributed by atoms with van der Waals surface area (Å²) in [5, 5.41) is 6.78. The normalized spacial score (nSPS) is 21.0. The fourth-order valence-corrected chi connectivity index (χ4v) is 3.53. The van der Waals surface area contributed by atoms with Gasteiger partial charge in [-0.15, -0.1) is 0 Å². The molecule has 1 aromatic heterocycles. The number of carbonyl (C=O) groups is 1. The third-order valence-corrected chi connectivity index (χ3v) is 4.93. The summed E-state index contributed by atoms with van der Waals surface area (Å²) < 4.78 is 5.72. The molecule has 5 nitrogen and oxygen atoms in total. The van der Waals surface area contributed by atoms with Crippen LogP contribution in [0.4, 0.5) is 0 Å². The Morgan fingerprint density at radius 1 is 1.42 bits per heavy atom. The molecule has 24 heavy (non-hydrogen) atoms. The van der Waals surface area contributed by atoms with Crippen LogP contribution in [0, 0.1) is 19.8 Å². The number of ether oxygens (including phenoxy) is 1. The van der Waals surface area contributed by atoms with Crippen LogP contribution >= 0.6 is 0 Å². The first kappa shape index (κ1) is 16.7. The Morgan fingerprint density at radius 2 is 2.25 bits per heavy atom. The third-order valence-electron chi connectivity index (χ3n) is 4.93. The molecule has 2 heterocycles. The zero-order valence-corrected chi connectivity index (χ0v) is 14.6. The van der Waals surface area contributed by atoms with Crippen molar-refractivity contribution in [3.05, 3.63) is 52.8 Å². The fourth-order valence-electron chi connectivity index (χ4n) is 3.53. The van der Waals surface area contributed by atoms with Crippen LogP contribution in [0.5, 0.6) is 0 Å². The molecule has 1 aliphatic rings. The maximum Gasteiger partial charge on any atom is 0.257 e. The van der Waals surface area contributed by atoms with E-state index in [1.165, 1.54) is 11.1 Å². The highest BCUT2D eigenvalue weighted by molar-refractivity contribution is 5.95. The summed E-state index contributed by atoms with van der Waals surface area (Å²) >= 11 is 0. The number of aromatic amines is 1. The van der Waals surface area contributed by atoms with Crippen molar-refractivity contribution in [2.75, 3.05) is 20.2 Å². The average Bonchev–Trinajstić information content (AvgIpc) is 3.00. The molecule has 0 aliphatic carbocycles. The number of benzene rings is 1. The van der Waals surface area contributed by atoms with Gasteiger partial charge in [-0.25, -0.2) is 0 Å². The van der Waals surface area contributed by atoms with Crippen LogP contribution in [-0.2, 0) is 11.2 Å². The third kappa shape index (κ3) is 3.51. The van der Waals surface area contributed by atoms with Gasteiger partial charge in [-0.05, 0) is 38.2 Å². The van der Waals surface area contributed by atoms with Crippen LogP contribution < -0.4 is 0 Å². The molecule has 1 amide bonds. The molecule has 1 N–H and O–H groups in total. The Kier molecular flexibility index (Phi) is 5.00. The van der Waals surface area contributed by atoms with Gasteiger partial charge in [-0.1, -0.05) is 29.8 Å². The number of carbonyl (C=O) groups excluding carboxylic acids is 1. The van der Waals surface area contributed by atoms with Gasteiger partial charge in [0.15, 0.2) is 0 Å². The number of methoxy groups -OCH3 is 1. The summed E-state index contributed by atoms with van der Waals surface area (Å²) in [7, 11) is 1.74. The lowest BCUT2D eigenvalue weighted by atomic mass is 9.87. The van der Waals surface area contributed by atoms with E-state index in [4.69, 9.17) is 4.74 Å². The molecule has 0 spiro atoms. The molecule has 128 valence electrons. The van der Waals surface area contributed by atoms with Crippen LogP contribution in [-0.4, -0.2) is 47.3 Å². The van der Waals surface area contributed by atoms with E-state index in [1.54, 1.807) is 13.3 Å². The van der Waals surface area contributed by atoms with E-state index in [0.29, 0.717) is 18.0 Å². The lowest BCUT2D eigenvalue weighted by Gasteiger charge is -2.38. The minimum absolute atomic E-state index is 0.0392. The highest BCUT2D eigenvalue weighted by Gasteiger charge is 2.32. The Morgan fingerprint density at radius 3 is 2.92 bits per heavy atom. The van der Waals surface area contributed by atoms with Gasteiger partial charge in [-0.3, -0.25) is 9.89 Å². The SMILES string of the molecule is CO[C@H]1CN(C(=O)c2cn[nH]c2C)CC[C@@H]1Cc1cccc(C)c1. The number of hydrogen-bond acceptors (Lipinski definition) is 3. The molecule has 0 unspecified atom stereocenters. The molecular weight excluding hydrogens is 302 g/mol. The number of nitrogens with zero attached hydrogens (tertiary/aromatic N) is 2. The summed E-state index contributed by atoms with van der Waals surface area (Å²) in [5.74, 6) is 0.476. The Hall–Kier alpha value is -2.14. The van der Waals surface area contributed by atoms with Gasteiger partial charge < -0.3 is 9.64 Å². The zero-order valence-electron chi connectivity index (χ0n) is 14.6. The molecule has 1 saturated heterocycles. The van der Waals surface area contributed by atoms with Crippen molar-refractivity contribution < 1.29 is 9.53 Å². The number of likely N-dealkylation sites (tertiary alicyclic amines) is 1. The Bertz CT molecular complexity index is 710. The lowest BCUT2D eigenvalue weighted by Crippen LogP contribution is -2.48. The number of piperidine rings is 1. The van der Waals surface area contributed by atoms with Crippen molar-refractivity contribution in [3.8, 4) is 0 Å². The molecule has 1 aliphatic heterocycles. The van der Waals surface area contributed by atoms with E-state index < -0.39 is 0 Å². The number of aromatic nitrogens is 2. The highest BCUT2D eigenvalue weighted by Crippen LogP contribution is 2.26. The molecule has 0 saturated carbocycles. The quantitative estimate of drug-likeness (QED) is 0.939. The van der Waals surface area contributed by atoms with Gasteiger partial charge in [0.2, 0.25) is 0 Å². The topological polar surface area (TPSA) is 58.2 Å². The summed E-state index contributed by atoms with van der Waals surface area (Å²) in [6, 6.07) is 8.63. The van der Waals surface area contributed by atoms with Crippen molar-refractivity contribution in [2.24, 2.45) is 5.92 Å². The second-order valence-electron chi connectivity index (χ2n) is 6.68. The number of amides is 1. The maximum atomic E-state index is 12.7. The summed E-state index contributed by atoms with van der Waals surface area (Å²) in [4.78, 5) is 14.6. The molecule has 1 fully saturated rings. The molecule has 2 atom stereocenters. The maximum absolute atomic E-state index is 12.7. The van der Waals surface area contributed by atoms with Crippen LogP contribution in [0.25, 0.3) is 0 Å². The average molecular weight is 327 g/mol. The van der Waals surface area contributed by atoms with Gasteiger partial charge in [0.05, 0.1) is 17.9 Å². The van der Waals surface area contributed by atoms with Crippen LogP contribution in [0.15, 0.2) is 30.5 Å². The molecule has 3 rings (SSSR count). The number of rotatable bonds is 4. The van der Waals surface area contributed by atoms with E-state index in [9.17, 15) is 4.79 Å². The van der Waals surface area contributed by atoms with Crippen LogP contribution in [0.3, 0.4) is 0 Å². The standard InChI is InChI=1S/C19H25N3O2/c1-13-5-4-6-15(9-13)10-16-7-8-22(12-18(16)24-3)19(23)17-11-20-21-14(17)2/h4-6,9,11,16,18H,7-8,10,12H2,1-3H3,(H,20,21)/t16-,18+/m1/s1. The smallest absolute Gasteiger partial charge is 0.257 e. The van der Waals surface area contributed by atoms with Crippen molar-refractivity contribution in [1.29, 1.82) is 0 Å². The largest absolute Gasteiger partial charge is 0.379 e. The van der Waals surface area contributed by atoms with E-state index >= 15 is 0 Å². The highest BCUT2D eigenvalue weighted by atomic mass is 16.5. The monoisotopic (exact) mass is 327 g/mol. The van der Waals surface area contributed by atoms with Crippen molar-refractivity contribution in [3.63, 3.8) is 0 Å². The fraction of sp³-hybridized carbons (Fsp3) is 0.474. The van der Waals surface area contributed by atoms with Gasteiger partial charge >= 0.3 is 0 Å². The van der Waals surface area contributed by atoms with E-state index in [2.05, 4.69) is 41.4 Å². The first-order chi connectivity index (χ1) is 11.6. The molecular formula is C19H25N3O2. The van der Waals surface area contributed by atoms with Crippen molar-refractivity contribution in [1.82, 2.24) is 15.1 Å². The van der Waals surface area contributed by atoms with Crippen LogP contribution in [0.1, 0.15) is 33.6 Å². The van der Waals surface area contributed by atoms with Crippen LogP contribution in [0.2, 0.25) is 0 Å². The molecule has 5 heteroatoms. The van der Waals surface area contributed by atoms with E-state index in [1.807, 2.05) is 11.8 Å². The Labute approximate surface area is 143 Å². The first-order valence-electron chi connectivity index (χ1n) is 8.46. The number of hydrogen-bond donors (Lipinski definition) is 1. The summed E-state index contributed by atoms with van der Waals surface area (Å²) in [6.45, 7) is 5.39. The predicted octanol–water partition coefficient (Wildman–Crippen LogP) is 2.75. The molecule has 0 bridgehead atoms. The van der Waals surface area contributed by atoms with Gasteiger partial charge in [0, 0.05) is 25.9 Å². The van der Waals surface area contributed by atoms with Gasteiger partial charge in [0.1, 0.15) is 0 Å².